The SMILES string of the molecule is C=C/C=C\C.C=CCC(C)(C)C(NC(=C(C)CC)c1cn(Cc2ccc(C(F)(F)F)cc2)c2cc(N(C)C)c(F)cc2c1=O)OC. The van der Waals surface area contributed by atoms with Gasteiger partial charge in [-0.15, -0.1) is 6.58 Å². The van der Waals surface area contributed by atoms with E-state index >= 15 is 4.39 Å². The van der Waals surface area contributed by atoms with Crippen LogP contribution in [-0.2, 0) is 17.5 Å². The summed E-state index contributed by atoms with van der Waals surface area (Å²) in [6.07, 6.45) is 5.41. The van der Waals surface area contributed by atoms with Crippen LogP contribution in [0, 0.1) is 11.2 Å². The van der Waals surface area contributed by atoms with Crippen molar-refractivity contribution in [2.24, 2.45) is 5.41 Å². The first-order valence-electron chi connectivity index (χ1n) is 15.1. The number of ether oxygens (including phenoxy) is 1. The Kier molecular flexibility index (Phi) is 13.6. The molecule has 3 aromatic rings. The number of pyridine rings is 1. The van der Waals surface area contributed by atoms with Gasteiger partial charge in [0.15, 0.2) is 5.43 Å². The first kappa shape index (κ1) is 38.1. The summed E-state index contributed by atoms with van der Waals surface area (Å²) in [5.74, 6) is -0.551. The number of anilines is 1. The summed E-state index contributed by atoms with van der Waals surface area (Å²) in [6.45, 7) is 17.4. The van der Waals surface area contributed by atoms with E-state index in [0.29, 0.717) is 35.2 Å². The number of methoxy groups -OCH3 is 1. The molecule has 5 nitrogen and oxygen atoms in total. The highest BCUT2D eigenvalue weighted by Crippen LogP contribution is 2.32. The van der Waals surface area contributed by atoms with Crippen molar-refractivity contribution in [2.45, 2.75) is 66.4 Å². The van der Waals surface area contributed by atoms with Gasteiger partial charge in [-0.05, 0) is 62.1 Å². The van der Waals surface area contributed by atoms with Crippen LogP contribution in [0.4, 0.5) is 23.2 Å². The Morgan fingerprint density at radius 1 is 1.13 bits per heavy atom. The summed E-state index contributed by atoms with van der Waals surface area (Å²) < 4.78 is 62.3. The van der Waals surface area contributed by atoms with Gasteiger partial charge in [-0.1, -0.05) is 63.8 Å². The zero-order chi connectivity index (χ0) is 34.8. The van der Waals surface area contributed by atoms with Crippen molar-refractivity contribution in [3.63, 3.8) is 0 Å². The molecule has 3 rings (SSSR count). The molecule has 0 fully saturated rings. The summed E-state index contributed by atoms with van der Waals surface area (Å²) in [6, 6.07) is 7.71. The standard InChI is InChI=1S/C32H39F4N3O2.C5H8/c1-9-15-31(4,5)30(41-8)37-28(20(3)10-2)24-19-39(18-21-11-13-22(14-12-21)32(34,35)36)26-17-27(38(6)7)25(33)16-23(26)29(24)40;1-3-5-4-2/h9,11-14,16-17,19,30,37H,1,10,15,18H2,2-8H3;3-5H,1H2,2H3/b;5-4-. The molecule has 0 bridgehead atoms. The number of aromatic nitrogens is 1. The number of rotatable bonds is 12. The smallest absolute Gasteiger partial charge is 0.375 e. The van der Waals surface area contributed by atoms with Crippen LogP contribution in [0.15, 0.2) is 90.4 Å². The number of nitrogens with one attached hydrogen (secondary N) is 1. The molecule has 1 N–H and O–H groups in total. The number of allylic oxidation sites excluding steroid dienone is 5. The molecule has 250 valence electrons. The van der Waals surface area contributed by atoms with Crippen molar-refractivity contribution in [1.82, 2.24) is 9.88 Å². The van der Waals surface area contributed by atoms with E-state index in [0.717, 1.165) is 17.7 Å². The molecular weight excluding hydrogens is 594 g/mol. The van der Waals surface area contributed by atoms with E-state index in [1.54, 1.807) is 49.0 Å². The lowest BCUT2D eigenvalue weighted by molar-refractivity contribution is -0.137. The molecule has 9 heteroatoms. The maximum absolute atomic E-state index is 15.2. The summed E-state index contributed by atoms with van der Waals surface area (Å²) in [4.78, 5) is 15.6. The molecular formula is C37H47F4N3O2. The van der Waals surface area contributed by atoms with E-state index in [4.69, 9.17) is 4.74 Å². The maximum atomic E-state index is 15.2. The zero-order valence-corrected chi connectivity index (χ0v) is 28.2. The number of alkyl halides is 3. The molecule has 0 radical (unpaired) electrons. The summed E-state index contributed by atoms with van der Waals surface area (Å²) in [7, 11) is 4.98. The molecule has 2 aromatic carbocycles. The number of nitrogens with zero attached hydrogens (tertiary/aromatic N) is 2. The summed E-state index contributed by atoms with van der Waals surface area (Å²) in [5.41, 5.74) is 1.64. The van der Waals surface area contributed by atoms with Gasteiger partial charge >= 0.3 is 6.18 Å². The Morgan fingerprint density at radius 3 is 2.22 bits per heavy atom. The van der Waals surface area contributed by atoms with Gasteiger partial charge in [0, 0.05) is 50.4 Å². The monoisotopic (exact) mass is 641 g/mol. The topological polar surface area (TPSA) is 46.5 Å². The Labute approximate surface area is 270 Å². The van der Waals surface area contributed by atoms with E-state index < -0.39 is 23.8 Å². The highest BCUT2D eigenvalue weighted by molar-refractivity contribution is 5.86. The molecule has 0 amide bonds. The lowest BCUT2D eigenvalue weighted by Gasteiger charge is -2.35. The second kappa shape index (κ2) is 16.5. The minimum atomic E-state index is -4.45. The predicted molar refractivity (Wildman–Crippen MR) is 183 cm³/mol. The van der Waals surface area contributed by atoms with E-state index in [1.165, 1.54) is 18.2 Å². The van der Waals surface area contributed by atoms with Crippen LogP contribution in [0.2, 0.25) is 0 Å². The van der Waals surface area contributed by atoms with E-state index in [9.17, 15) is 18.0 Å². The molecule has 1 aromatic heterocycles. The van der Waals surface area contributed by atoms with Gasteiger partial charge in [0.1, 0.15) is 12.0 Å². The minimum Gasteiger partial charge on any atom is -0.375 e. The number of fused-ring (bicyclic) bond motifs is 1. The van der Waals surface area contributed by atoms with E-state index in [1.807, 2.05) is 52.8 Å². The molecule has 1 atom stereocenters. The fourth-order valence-electron chi connectivity index (χ4n) is 4.97. The second-order valence-electron chi connectivity index (χ2n) is 11.9. The van der Waals surface area contributed by atoms with Gasteiger partial charge in [-0.25, -0.2) is 4.39 Å². The molecule has 0 saturated heterocycles. The van der Waals surface area contributed by atoms with Crippen LogP contribution >= 0.6 is 0 Å². The molecule has 0 spiro atoms. The van der Waals surface area contributed by atoms with Gasteiger partial charge < -0.3 is 19.5 Å². The lowest BCUT2D eigenvalue weighted by atomic mass is 9.86. The van der Waals surface area contributed by atoms with Gasteiger partial charge in [-0.2, -0.15) is 13.2 Å². The predicted octanol–water partition coefficient (Wildman–Crippen LogP) is 9.33. The highest BCUT2D eigenvalue weighted by Gasteiger charge is 2.31. The fourth-order valence-corrected chi connectivity index (χ4v) is 4.97. The quantitative estimate of drug-likeness (QED) is 0.0927. The molecule has 0 aliphatic carbocycles. The van der Waals surface area contributed by atoms with Crippen molar-refractivity contribution in [3.05, 3.63) is 118 Å². The van der Waals surface area contributed by atoms with Gasteiger partial charge in [-0.3, -0.25) is 4.79 Å². The number of hydrogen-bond acceptors (Lipinski definition) is 4. The second-order valence-corrected chi connectivity index (χ2v) is 11.9. The average Bonchev–Trinajstić information content (AvgIpc) is 2.99. The van der Waals surface area contributed by atoms with Crippen LogP contribution in [0.5, 0.6) is 0 Å². The maximum Gasteiger partial charge on any atom is 0.416 e. The molecule has 0 aliphatic heterocycles. The summed E-state index contributed by atoms with van der Waals surface area (Å²) in [5, 5.41) is 3.60. The average molecular weight is 642 g/mol. The lowest BCUT2D eigenvalue weighted by Crippen LogP contribution is -2.43. The zero-order valence-electron chi connectivity index (χ0n) is 28.2. The molecule has 1 unspecified atom stereocenters. The third-order valence-corrected chi connectivity index (χ3v) is 7.71. The van der Waals surface area contributed by atoms with E-state index in [-0.39, 0.29) is 28.5 Å². The summed E-state index contributed by atoms with van der Waals surface area (Å²) >= 11 is 0. The largest absolute Gasteiger partial charge is 0.416 e. The number of halogens is 4. The molecule has 1 heterocycles. The van der Waals surface area contributed by atoms with Crippen molar-refractivity contribution in [2.75, 3.05) is 26.1 Å². The van der Waals surface area contributed by atoms with Crippen LogP contribution in [0.1, 0.15) is 64.2 Å². The fraction of sp³-hybridized carbons (Fsp3) is 0.378. The van der Waals surface area contributed by atoms with Gasteiger partial charge in [0.05, 0.1) is 22.3 Å². The third kappa shape index (κ3) is 9.45. The van der Waals surface area contributed by atoms with Crippen LogP contribution < -0.4 is 15.6 Å². The molecule has 0 saturated carbocycles. The first-order valence-corrected chi connectivity index (χ1v) is 15.1. The molecule has 0 aliphatic rings. The Hall–Kier alpha value is -4.11. The first-order chi connectivity index (χ1) is 21.6. The van der Waals surface area contributed by atoms with Gasteiger partial charge in [0.25, 0.3) is 0 Å². The number of hydrogen-bond donors (Lipinski definition) is 1. The number of benzene rings is 2. The Balaban J connectivity index is 0.00000136. The highest BCUT2D eigenvalue weighted by atomic mass is 19.4. The normalized spacial score (nSPS) is 13.1. The van der Waals surface area contributed by atoms with Crippen molar-refractivity contribution < 1.29 is 22.3 Å². The third-order valence-electron chi connectivity index (χ3n) is 7.71. The van der Waals surface area contributed by atoms with Crippen LogP contribution in [-0.4, -0.2) is 32.0 Å². The van der Waals surface area contributed by atoms with Gasteiger partial charge in [0.2, 0.25) is 0 Å². The molecule has 46 heavy (non-hydrogen) atoms. The Morgan fingerprint density at radius 2 is 1.76 bits per heavy atom. The van der Waals surface area contributed by atoms with Crippen molar-refractivity contribution in [3.8, 4) is 0 Å². The van der Waals surface area contributed by atoms with Crippen molar-refractivity contribution >= 4 is 22.3 Å². The van der Waals surface area contributed by atoms with E-state index in [2.05, 4.69) is 18.5 Å². The van der Waals surface area contributed by atoms with Crippen LogP contribution in [0.25, 0.3) is 16.6 Å². The van der Waals surface area contributed by atoms with Crippen molar-refractivity contribution in [1.29, 1.82) is 0 Å². The van der Waals surface area contributed by atoms with Crippen LogP contribution in [0.3, 0.4) is 0 Å². The minimum absolute atomic E-state index is 0.161. The Bertz CT molecular complexity index is 1610.